The lowest BCUT2D eigenvalue weighted by molar-refractivity contribution is 0.0909. The van der Waals surface area contributed by atoms with Crippen LogP contribution in [0.3, 0.4) is 0 Å². The Bertz CT molecular complexity index is 514. The lowest BCUT2D eigenvalue weighted by Gasteiger charge is -2.31. The van der Waals surface area contributed by atoms with Crippen molar-refractivity contribution in [2.45, 2.75) is 46.6 Å². The first-order valence-corrected chi connectivity index (χ1v) is 6.55. The number of terminal acetylenes is 1. The van der Waals surface area contributed by atoms with Gasteiger partial charge in [-0.15, -0.1) is 6.42 Å². The third-order valence-corrected chi connectivity index (χ3v) is 3.71. The lowest BCUT2D eigenvalue weighted by Crippen LogP contribution is -2.29. The van der Waals surface area contributed by atoms with E-state index in [1.165, 1.54) is 0 Å². The van der Waals surface area contributed by atoms with Gasteiger partial charge in [-0.2, -0.15) is 0 Å². The van der Waals surface area contributed by atoms with Gasteiger partial charge in [-0.3, -0.25) is 4.79 Å². The molecule has 1 unspecified atom stereocenters. The first-order valence-electron chi connectivity index (χ1n) is 6.55. The second kappa shape index (κ2) is 4.31. The highest BCUT2D eigenvalue weighted by atomic mass is 16.1. The number of ketones is 1. The fraction of sp³-hybridized carbons (Fsp3) is 0.562. The molecule has 1 aliphatic carbocycles. The largest absolute Gasteiger partial charge is 0.336 e. The van der Waals surface area contributed by atoms with E-state index in [-0.39, 0.29) is 17.2 Å². The molecule has 0 N–H and O–H groups in total. The Balaban J connectivity index is 2.49. The Hall–Kier alpha value is -1.49. The molecule has 0 fully saturated rings. The molecule has 1 atom stereocenters. The summed E-state index contributed by atoms with van der Waals surface area (Å²) in [5, 5.41) is 0. The monoisotopic (exact) mass is 243 g/mol. The molecule has 1 aliphatic rings. The maximum absolute atomic E-state index is 12.1. The van der Waals surface area contributed by atoms with Gasteiger partial charge in [-0.1, -0.05) is 33.6 Å². The van der Waals surface area contributed by atoms with Crippen LogP contribution in [0.1, 0.15) is 56.2 Å². The normalized spacial score (nSPS) is 19.4. The fourth-order valence-corrected chi connectivity index (χ4v) is 2.82. The summed E-state index contributed by atoms with van der Waals surface area (Å²) in [7, 11) is 0. The highest BCUT2D eigenvalue weighted by Crippen LogP contribution is 2.37. The molecule has 0 radical (unpaired) electrons. The van der Waals surface area contributed by atoms with Crippen molar-refractivity contribution in [3.05, 3.63) is 23.5 Å². The van der Waals surface area contributed by atoms with Gasteiger partial charge in [0.25, 0.3) is 0 Å². The summed E-state index contributed by atoms with van der Waals surface area (Å²) in [6.07, 6.45) is 9.18. The Labute approximate surface area is 109 Å². The van der Waals surface area contributed by atoms with Crippen LogP contribution in [0.15, 0.2) is 12.3 Å². The number of Topliss-reactive ketones (excluding diaryl/α,β-unsaturated/α-hetero) is 1. The average Bonchev–Trinajstić information content (AvgIpc) is 2.61. The van der Waals surface area contributed by atoms with Gasteiger partial charge in [0.05, 0.1) is 6.04 Å². The molecule has 0 aliphatic heterocycles. The Morgan fingerprint density at radius 2 is 2.06 bits per heavy atom. The highest BCUT2D eigenvalue weighted by molar-refractivity contribution is 5.98. The first-order chi connectivity index (χ1) is 8.35. The van der Waals surface area contributed by atoms with Crippen LogP contribution in [0, 0.1) is 23.7 Å². The van der Waals surface area contributed by atoms with E-state index in [0.29, 0.717) is 12.3 Å². The highest BCUT2D eigenvalue weighted by Gasteiger charge is 2.34. The summed E-state index contributed by atoms with van der Waals surface area (Å²) >= 11 is 0. The van der Waals surface area contributed by atoms with Crippen LogP contribution in [-0.2, 0) is 6.42 Å². The number of nitrogens with zero attached hydrogens (tertiary/aromatic N) is 1. The van der Waals surface area contributed by atoms with Gasteiger partial charge in [-0.25, -0.2) is 0 Å². The van der Waals surface area contributed by atoms with Crippen LogP contribution in [0.4, 0.5) is 0 Å². The summed E-state index contributed by atoms with van der Waals surface area (Å²) in [4.78, 5) is 12.1. The number of carbonyl (C=O) groups is 1. The maximum Gasteiger partial charge on any atom is 0.165 e. The predicted octanol–water partition coefficient (Wildman–Crippen LogP) is 3.47. The van der Waals surface area contributed by atoms with E-state index in [4.69, 9.17) is 6.42 Å². The van der Waals surface area contributed by atoms with Crippen molar-refractivity contribution in [1.29, 1.82) is 0 Å². The first kappa shape index (κ1) is 13.0. The fourth-order valence-electron chi connectivity index (χ4n) is 2.82. The molecular weight excluding hydrogens is 222 g/mol. The van der Waals surface area contributed by atoms with Gasteiger partial charge in [0.15, 0.2) is 5.78 Å². The van der Waals surface area contributed by atoms with Crippen molar-refractivity contribution in [3.8, 4) is 12.3 Å². The summed E-state index contributed by atoms with van der Waals surface area (Å²) in [6.45, 7) is 8.52. The zero-order valence-electron chi connectivity index (χ0n) is 11.7. The minimum atomic E-state index is 0.0375. The number of hydrogen-bond donors (Lipinski definition) is 0. The molecule has 96 valence electrons. The van der Waals surface area contributed by atoms with Crippen LogP contribution in [-0.4, -0.2) is 10.4 Å². The number of hydrogen-bond acceptors (Lipinski definition) is 1. The topological polar surface area (TPSA) is 22.0 Å². The Morgan fingerprint density at radius 3 is 2.61 bits per heavy atom. The van der Waals surface area contributed by atoms with Gasteiger partial charge in [0.1, 0.15) is 0 Å². The SMILES string of the molecule is C#CC(C(C)C)n1ccc2c1CC(C)(C)CC2=O. The van der Waals surface area contributed by atoms with E-state index in [1.54, 1.807) is 0 Å². The average molecular weight is 243 g/mol. The Morgan fingerprint density at radius 1 is 1.39 bits per heavy atom. The third-order valence-electron chi connectivity index (χ3n) is 3.71. The quantitative estimate of drug-likeness (QED) is 0.729. The van der Waals surface area contributed by atoms with Crippen LogP contribution in [0.25, 0.3) is 0 Å². The van der Waals surface area contributed by atoms with Crippen molar-refractivity contribution in [1.82, 2.24) is 4.57 Å². The molecule has 1 aromatic rings. The molecule has 0 saturated carbocycles. The van der Waals surface area contributed by atoms with Crippen LogP contribution in [0.5, 0.6) is 0 Å². The Kier molecular flexibility index (Phi) is 3.11. The molecule has 0 spiro atoms. The molecule has 18 heavy (non-hydrogen) atoms. The van der Waals surface area contributed by atoms with Crippen molar-refractivity contribution in [2.24, 2.45) is 11.3 Å². The van der Waals surface area contributed by atoms with E-state index in [0.717, 1.165) is 17.7 Å². The third kappa shape index (κ3) is 2.10. The molecule has 1 aromatic heterocycles. The molecule has 0 bridgehead atoms. The van der Waals surface area contributed by atoms with Crippen molar-refractivity contribution >= 4 is 5.78 Å². The zero-order valence-corrected chi connectivity index (χ0v) is 11.7. The van der Waals surface area contributed by atoms with Crippen molar-refractivity contribution < 1.29 is 4.79 Å². The second-order valence-corrected chi connectivity index (χ2v) is 6.38. The lowest BCUT2D eigenvalue weighted by atomic mass is 9.76. The van der Waals surface area contributed by atoms with E-state index in [1.807, 2.05) is 12.3 Å². The minimum Gasteiger partial charge on any atom is -0.336 e. The summed E-state index contributed by atoms with van der Waals surface area (Å²) in [5.74, 6) is 3.46. The molecule has 0 aromatic carbocycles. The maximum atomic E-state index is 12.1. The van der Waals surface area contributed by atoms with Crippen LogP contribution in [0.2, 0.25) is 0 Å². The molecule has 0 saturated heterocycles. The molecular formula is C16H21NO. The summed E-state index contributed by atoms with van der Waals surface area (Å²) < 4.78 is 2.12. The van der Waals surface area contributed by atoms with Gasteiger partial charge < -0.3 is 4.57 Å². The van der Waals surface area contributed by atoms with E-state index in [9.17, 15) is 4.79 Å². The molecule has 1 heterocycles. The summed E-state index contributed by atoms with van der Waals surface area (Å²) in [5.41, 5.74) is 2.03. The molecule has 2 rings (SSSR count). The molecule has 2 nitrogen and oxygen atoms in total. The molecule has 0 amide bonds. The number of rotatable bonds is 2. The standard InChI is InChI=1S/C16H21NO/c1-6-13(11(2)3)17-8-7-12-14(17)9-16(4,5)10-15(12)18/h1,7-8,11,13H,9-10H2,2-5H3. The minimum absolute atomic E-state index is 0.0375. The zero-order chi connectivity index (χ0) is 13.5. The van der Waals surface area contributed by atoms with Gasteiger partial charge in [0.2, 0.25) is 0 Å². The van der Waals surface area contributed by atoms with Crippen LogP contribution < -0.4 is 0 Å². The van der Waals surface area contributed by atoms with E-state index < -0.39 is 0 Å². The van der Waals surface area contributed by atoms with Crippen molar-refractivity contribution in [3.63, 3.8) is 0 Å². The molecule has 2 heteroatoms. The smallest absolute Gasteiger partial charge is 0.165 e. The van der Waals surface area contributed by atoms with Gasteiger partial charge in [-0.05, 0) is 23.8 Å². The van der Waals surface area contributed by atoms with Crippen molar-refractivity contribution in [2.75, 3.05) is 0 Å². The number of fused-ring (bicyclic) bond motifs is 1. The van der Waals surface area contributed by atoms with E-state index >= 15 is 0 Å². The van der Waals surface area contributed by atoms with E-state index in [2.05, 4.69) is 38.2 Å². The predicted molar refractivity (Wildman–Crippen MR) is 73.6 cm³/mol. The van der Waals surface area contributed by atoms with Crippen LogP contribution >= 0.6 is 0 Å². The number of aromatic nitrogens is 1. The number of carbonyl (C=O) groups excluding carboxylic acids is 1. The summed E-state index contributed by atoms with van der Waals surface area (Å²) in [6, 6.07) is 1.97. The van der Waals surface area contributed by atoms with Gasteiger partial charge >= 0.3 is 0 Å². The second-order valence-electron chi connectivity index (χ2n) is 6.38. The van der Waals surface area contributed by atoms with Gasteiger partial charge in [0, 0.05) is 23.9 Å².